The normalized spacial score (nSPS) is 14.8. The summed E-state index contributed by atoms with van der Waals surface area (Å²) in [5, 5.41) is 4.85. The van der Waals surface area contributed by atoms with Crippen molar-refractivity contribution in [3.63, 3.8) is 0 Å². The molecule has 5 heteroatoms. The molecule has 1 fully saturated rings. The van der Waals surface area contributed by atoms with Gasteiger partial charge in [-0.2, -0.15) is 11.3 Å². The molecule has 0 aliphatic heterocycles. The van der Waals surface area contributed by atoms with Gasteiger partial charge in [0.15, 0.2) is 0 Å². The van der Waals surface area contributed by atoms with Crippen molar-refractivity contribution in [1.82, 2.24) is 9.97 Å². The quantitative estimate of drug-likeness (QED) is 0.800. The van der Waals surface area contributed by atoms with Gasteiger partial charge < -0.3 is 4.90 Å². The van der Waals surface area contributed by atoms with Crippen molar-refractivity contribution >= 4 is 28.8 Å². The molecule has 0 unspecified atom stereocenters. The summed E-state index contributed by atoms with van der Waals surface area (Å²) in [5.74, 6) is 0.976. The van der Waals surface area contributed by atoms with Crippen LogP contribution < -0.4 is 4.90 Å². The molecular weight excluding hydrogens is 266 g/mol. The highest BCUT2D eigenvalue weighted by atomic mass is 35.5. The van der Waals surface area contributed by atoms with Gasteiger partial charge in [0, 0.05) is 18.2 Å². The minimum atomic E-state index is 0.552. The number of rotatable bonds is 4. The fourth-order valence-electron chi connectivity index (χ4n) is 2.05. The van der Waals surface area contributed by atoms with E-state index in [4.69, 9.17) is 11.6 Å². The number of hydrogen-bond donors (Lipinski definition) is 0. The minimum Gasteiger partial charge on any atom is -0.349 e. The Bertz CT molecular complexity index is 537. The molecule has 0 bridgehead atoms. The van der Waals surface area contributed by atoms with Gasteiger partial charge in [0.05, 0.1) is 0 Å². The molecule has 0 spiro atoms. The van der Waals surface area contributed by atoms with Crippen LogP contribution in [0.3, 0.4) is 0 Å². The Labute approximate surface area is 115 Å². The molecule has 1 aliphatic carbocycles. The van der Waals surface area contributed by atoms with E-state index in [0.29, 0.717) is 11.2 Å². The smallest absolute Gasteiger partial charge is 0.137 e. The number of aromatic nitrogens is 2. The predicted molar refractivity (Wildman–Crippen MR) is 75.3 cm³/mol. The van der Waals surface area contributed by atoms with Crippen LogP contribution >= 0.6 is 22.9 Å². The molecule has 0 radical (unpaired) electrons. The van der Waals surface area contributed by atoms with E-state index in [1.165, 1.54) is 18.4 Å². The van der Waals surface area contributed by atoms with Crippen molar-refractivity contribution in [2.24, 2.45) is 0 Å². The van der Waals surface area contributed by atoms with E-state index < -0.39 is 0 Å². The van der Waals surface area contributed by atoms with Crippen LogP contribution in [0.15, 0.2) is 23.2 Å². The van der Waals surface area contributed by atoms with E-state index >= 15 is 0 Å². The van der Waals surface area contributed by atoms with Crippen LogP contribution in [0.25, 0.3) is 0 Å². The zero-order chi connectivity index (χ0) is 12.5. The Morgan fingerprint density at radius 3 is 2.94 bits per heavy atom. The second kappa shape index (κ2) is 4.86. The van der Waals surface area contributed by atoms with Crippen LogP contribution in [-0.4, -0.2) is 16.0 Å². The zero-order valence-electron chi connectivity index (χ0n) is 10.1. The first-order valence-corrected chi connectivity index (χ1v) is 7.32. The first-order chi connectivity index (χ1) is 8.75. The molecular formula is C13H14ClN3S. The second-order valence-corrected chi connectivity index (χ2v) is 5.74. The number of halogens is 1. The van der Waals surface area contributed by atoms with Gasteiger partial charge in [0.1, 0.15) is 17.3 Å². The topological polar surface area (TPSA) is 29.0 Å². The Hall–Kier alpha value is -1.13. The highest BCUT2D eigenvalue weighted by Crippen LogP contribution is 2.34. The Morgan fingerprint density at radius 1 is 1.44 bits per heavy atom. The highest BCUT2D eigenvalue weighted by molar-refractivity contribution is 7.07. The lowest BCUT2D eigenvalue weighted by molar-refractivity contribution is 0.772. The number of thiophene rings is 1. The van der Waals surface area contributed by atoms with Crippen molar-refractivity contribution in [1.29, 1.82) is 0 Å². The summed E-state index contributed by atoms with van der Waals surface area (Å²) in [5.41, 5.74) is 2.31. The van der Waals surface area contributed by atoms with Crippen LogP contribution in [0.1, 0.15) is 24.0 Å². The Balaban J connectivity index is 1.91. The van der Waals surface area contributed by atoms with E-state index in [9.17, 15) is 0 Å². The third-order valence-corrected chi connectivity index (χ3v) is 4.30. The molecule has 3 rings (SSSR count). The van der Waals surface area contributed by atoms with Crippen LogP contribution in [0, 0.1) is 6.92 Å². The summed E-state index contributed by atoms with van der Waals surface area (Å²) in [7, 11) is 0. The minimum absolute atomic E-state index is 0.552. The van der Waals surface area contributed by atoms with Gasteiger partial charge in [-0.25, -0.2) is 9.97 Å². The largest absolute Gasteiger partial charge is 0.349 e. The van der Waals surface area contributed by atoms with E-state index in [-0.39, 0.29) is 0 Å². The molecule has 0 amide bonds. The van der Waals surface area contributed by atoms with Gasteiger partial charge in [-0.3, -0.25) is 0 Å². The summed E-state index contributed by atoms with van der Waals surface area (Å²) < 4.78 is 0. The van der Waals surface area contributed by atoms with Crippen molar-refractivity contribution in [2.75, 3.05) is 4.90 Å². The number of nitrogens with zero attached hydrogens (tertiary/aromatic N) is 3. The molecule has 2 aromatic heterocycles. The lowest BCUT2D eigenvalue weighted by Gasteiger charge is -2.24. The maximum absolute atomic E-state index is 6.09. The molecule has 1 saturated carbocycles. The van der Waals surface area contributed by atoms with E-state index in [0.717, 1.165) is 17.9 Å². The van der Waals surface area contributed by atoms with E-state index in [2.05, 4.69) is 31.7 Å². The van der Waals surface area contributed by atoms with Gasteiger partial charge in [-0.15, -0.1) is 0 Å². The van der Waals surface area contributed by atoms with Gasteiger partial charge in [-0.05, 0) is 42.2 Å². The highest BCUT2D eigenvalue weighted by Gasteiger charge is 2.31. The van der Waals surface area contributed by atoms with E-state index in [1.807, 2.05) is 6.92 Å². The summed E-state index contributed by atoms with van der Waals surface area (Å²) in [4.78, 5) is 10.8. The van der Waals surface area contributed by atoms with Crippen molar-refractivity contribution < 1.29 is 0 Å². The third-order valence-electron chi connectivity index (χ3n) is 3.19. The maximum atomic E-state index is 6.09. The Morgan fingerprint density at radius 2 is 2.28 bits per heavy atom. The first kappa shape index (κ1) is 11.9. The average molecular weight is 280 g/mol. The molecule has 0 atom stereocenters. The maximum Gasteiger partial charge on any atom is 0.137 e. The molecule has 0 N–H and O–H groups in total. The van der Waals surface area contributed by atoms with Gasteiger partial charge in [-0.1, -0.05) is 11.6 Å². The second-order valence-electron chi connectivity index (χ2n) is 4.60. The summed E-state index contributed by atoms with van der Waals surface area (Å²) in [6.07, 6.45) is 4.03. The Kier molecular flexibility index (Phi) is 3.22. The molecule has 0 saturated heterocycles. The standard InChI is InChI=1S/C13H14ClN3S/c1-9-12(14)15-8-16-13(9)17(11-2-3-11)6-10-4-5-18-7-10/h4-5,7-8,11H,2-3,6H2,1H3. The molecule has 2 heterocycles. The molecule has 3 nitrogen and oxygen atoms in total. The van der Waals surface area contributed by atoms with Crippen molar-refractivity contribution in [3.05, 3.63) is 39.4 Å². The summed E-state index contributed by atoms with van der Waals surface area (Å²) >= 11 is 7.82. The van der Waals surface area contributed by atoms with Gasteiger partial charge in [0.2, 0.25) is 0 Å². The fourth-order valence-corrected chi connectivity index (χ4v) is 2.84. The average Bonchev–Trinajstić information content (AvgIpc) is 3.08. The summed E-state index contributed by atoms with van der Waals surface area (Å²) in [6, 6.07) is 2.77. The van der Waals surface area contributed by atoms with Gasteiger partial charge in [0.25, 0.3) is 0 Å². The third kappa shape index (κ3) is 2.35. The predicted octanol–water partition coefficient (Wildman–Crippen LogP) is 3.67. The van der Waals surface area contributed by atoms with Gasteiger partial charge >= 0.3 is 0 Å². The molecule has 0 aromatic carbocycles. The first-order valence-electron chi connectivity index (χ1n) is 6.00. The van der Waals surface area contributed by atoms with Crippen LogP contribution in [-0.2, 0) is 6.54 Å². The van der Waals surface area contributed by atoms with Crippen molar-refractivity contribution in [3.8, 4) is 0 Å². The molecule has 2 aromatic rings. The molecule has 94 valence electrons. The number of hydrogen-bond acceptors (Lipinski definition) is 4. The monoisotopic (exact) mass is 279 g/mol. The summed E-state index contributed by atoms with van der Waals surface area (Å²) in [6.45, 7) is 2.89. The molecule has 18 heavy (non-hydrogen) atoms. The lowest BCUT2D eigenvalue weighted by atomic mass is 10.2. The SMILES string of the molecule is Cc1c(Cl)ncnc1N(Cc1ccsc1)C1CC1. The van der Waals surface area contributed by atoms with Crippen LogP contribution in [0.5, 0.6) is 0 Å². The number of anilines is 1. The van der Waals surface area contributed by atoms with Crippen LogP contribution in [0.4, 0.5) is 5.82 Å². The van der Waals surface area contributed by atoms with Crippen molar-refractivity contribution in [2.45, 2.75) is 32.4 Å². The zero-order valence-corrected chi connectivity index (χ0v) is 11.7. The lowest BCUT2D eigenvalue weighted by Crippen LogP contribution is -2.26. The molecule has 1 aliphatic rings. The van der Waals surface area contributed by atoms with Crippen LogP contribution in [0.2, 0.25) is 5.15 Å². The fraction of sp³-hybridized carbons (Fsp3) is 0.385. The van der Waals surface area contributed by atoms with E-state index in [1.54, 1.807) is 17.7 Å².